The highest BCUT2D eigenvalue weighted by atomic mass is 16.5. The first-order valence-corrected chi connectivity index (χ1v) is 5.73. The number of amides is 1. The number of aromatic nitrogens is 1. The fourth-order valence-electron chi connectivity index (χ4n) is 1.54. The first-order chi connectivity index (χ1) is 9.04. The predicted molar refractivity (Wildman–Crippen MR) is 67.7 cm³/mol. The summed E-state index contributed by atoms with van der Waals surface area (Å²) in [4.78, 5) is 25.8. The van der Waals surface area contributed by atoms with Crippen LogP contribution in [0.5, 0.6) is 5.88 Å². The number of hydrogen-bond acceptors (Lipinski definition) is 5. The summed E-state index contributed by atoms with van der Waals surface area (Å²) in [6.07, 6.45) is 1.61. The molecule has 0 radical (unpaired) electrons. The van der Waals surface area contributed by atoms with Gasteiger partial charge in [-0.3, -0.25) is 4.79 Å². The van der Waals surface area contributed by atoms with Crippen LogP contribution in [0, 0.1) is 0 Å². The molecule has 1 aromatic heterocycles. The number of ether oxygens (including phenoxy) is 1. The topological polar surface area (TPSA) is 101 Å². The van der Waals surface area contributed by atoms with Gasteiger partial charge >= 0.3 is 5.97 Å². The number of carbonyl (C=O) groups is 2. The lowest BCUT2D eigenvalue weighted by atomic mass is 10.2. The number of pyridine rings is 1. The Kier molecular flexibility index (Phi) is 5.74. The molecule has 19 heavy (non-hydrogen) atoms. The van der Waals surface area contributed by atoms with Crippen molar-refractivity contribution >= 4 is 11.9 Å². The first kappa shape index (κ1) is 14.9. The molecule has 7 nitrogen and oxygen atoms in total. The van der Waals surface area contributed by atoms with E-state index in [-0.39, 0.29) is 12.5 Å². The molecular weight excluding hydrogens is 250 g/mol. The molecule has 1 unspecified atom stereocenters. The number of methoxy groups -OCH3 is 1. The van der Waals surface area contributed by atoms with Crippen LogP contribution in [0.2, 0.25) is 0 Å². The molecule has 0 bridgehead atoms. The summed E-state index contributed by atoms with van der Waals surface area (Å²) in [5, 5.41) is 14.2. The zero-order chi connectivity index (χ0) is 14.3. The molecule has 7 heteroatoms. The average Bonchev–Trinajstić information content (AvgIpc) is 2.37. The molecule has 3 N–H and O–H groups in total. The number of carboxylic acids is 1. The predicted octanol–water partition coefficient (Wildman–Crippen LogP) is -0.231. The summed E-state index contributed by atoms with van der Waals surface area (Å²) in [5.41, 5.74) is 0.817. The van der Waals surface area contributed by atoms with Gasteiger partial charge in [-0.1, -0.05) is 6.07 Å². The largest absolute Gasteiger partial charge is 0.481 e. The Morgan fingerprint density at radius 1 is 1.53 bits per heavy atom. The fourth-order valence-corrected chi connectivity index (χ4v) is 1.54. The summed E-state index contributed by atoms with van der Waals surface area (Å²) in [6.45, 7) is 1.80. The second-order valence-corrected chi connectivity index (χ2v) is 3.89. The molecule has 0 fully saturated rings. The van der Waals surface area contributed by atoms with E-state index in [2.05, 4.69) is 15.6 Å². The summed E-state index contributed by atoms with van der Waals surface area (Å²) < 4.78 is 5.08. The Bertz CT molecular complexity index is 450. The number of aliphatic carboxylic acids is 1. The number of rotatable bonds is 7. The van der Waals surface area contributed by atoms with Crippen molar-refractivity contribution in [3.05, 3.63) is 23.9 Å². The molecule has 1 rings (SSSR count). The normalized spacial score (nSPS) is 11.7. The average molecular weight is 267 g/mol. The third-order valence-corrected chi connectivity index (χ3v) is 2.38. The Morgan fingerprint density at radius 2 is 2.26 bits per heavy atom. The Hall–Kier alpha value is -2.15. The molecular formula is C12H17N3O4. The molecule has 0 saturated heterocycles. The number of nitrogens with zero attached hydrogens (tertiary/aromatic N) is 1. The van der Waals surface area contributed by atoms with Crippen LogP contribution in [0.15, 0.2) is 18.3 Å². The summed E-state index contributed by atoms with van der Waals surface area (Å²) in [7, 11) is 1.52. The van der Waals surface area contributed by atoms with Crippen LogP contribution in [0.4, 0.5) is 0 Å². The Balaban J connectivity index is 2.52. The van der Waals surface area contributed by atoms with Gasteiger partial charge in [-0.2, -0.15) is 0 Å². The van der Waals surface area contributed by atoms with E-state index in [0.717, 1.165) is 5.56 Å². The highest BCUT2D eigenvalue weighted by molar-refractivity contribution is 5.82. The van der Waals surface area contributed by atoms with Crippen molar-refractivity contribution in [1.29, 1.82) is 0 Å². The van der Waals surface area contributed by atoms with E-state index in [1.807, 2.05) is 6.07 Å². The van der Waals surface area contributed by atoms with Gasteiger partial charge in [0.1, 0.15) is 6.04 Å². The summed E-state index contributed by atoms with van der Waals surface area (Å²) in [6, 6.07) is 2.63. The van der Waals surface area contributed by atoms with Gasteiger partial charge in [0.05, 0.1) is 7.11 Å². The lowest BCUT2D eigenvalue weighted by Crippen LogP contribution is -2.46. The van der Waals surface area contributed by atoms with Gasteiger partial charge in [0.2, 0.25) is 11.8 Å². The Morgan fingerprint density at radius 3 is 2.84 bits per heavy atom. The van der Waals surface area contributed by atoms with Gasteiger partial charge in [-0.05, 0) is 6.07 Å². The molecule has 0 saturated carbocycles. The minimum absolute atomic E-state index is 0.118. The van der Waals surface area contributed by atoms with Crippen LogP contribution in [0.1, 0.15) is 12.5 Å². The first-order valence-electron chi connectivity index (χ1n) is 5.73. The zero-order valence-electron chi connectivity index (χ0n) is 10.8. The van der Waals surface area contributed by atoms with Crippen molar-refractivity contribution in [3.63, 3.8) is 0 Å². The van der Waals surface area contributed by atoms with Gasteiger partial charge in [0.25, 0.3) is 0 Å². The number of carboxylic acid groups (broad SMARTS) is 1. The molecule has 0 aliphatic rings. The quantitative estimate of drug-likeness (QED) is 0.631. The van der Waals surface area contributed by atoms with Crippen LogP contribution < -0.4 is 15.4 Å². The maximum atomic E-state index is 10.9. The highest BCUT2D eigenvalue weighted by Crippen LogP contribution is 2.12. The van der Waals surface area contributed by atoms with Crippen LogP contribution in [0.25, 0.3) is 0 Å². The smallest absolute Gasteiger partial charge is 0.327 e. The molecule has 1 aromatic rings. The third kappa shape index (κ3) is 4.92. The van der Waals surface area contributed by atoms with Crippen LogP contribution >= 0.6 is 0 Å². The molecule has 0 spiro atoms. The van der Waals surface area contributed by atoms with Crippen LogP contribution in [-0.4, -0.2) is 41.7 Å². The van der Waals surface area contributed by atoms with Gasteiger partial charge in [0, 0.05) is 31.8 Å². The number of nitrogens with one attached hydrogen (secondary N) is 2. The second kappa shape index (κ2) is 7.32. The maximum absolute atomic E-state index is 10.9. The summed E-state index contributed by atoms with van der Waals surface area (Å²) in [5.74, 6) is -0.976. The minimum Gasteiger partial charge on any atom is -0.481 e. The summed E-state index contributed by atoms with van der Waals surface area (Å²) >= 11 is 0. The lowest BCUT2D eigenvalue weighted by Gasteiger charge is -2.14. The van der Waals surface area contributed by atoms with E-state index in [0.29, 0.717) is 12.4 Å². The lowest BCUT2D eigenvalue weighted by molar-refractivity contribution is -0.141. The number of carbonyl (C=O) groups excluding carboxylic acids is 1. The van der Waals surface area contributed by atoms with Crippen molar-refractivity contribution in [2.75, 3.05) is 13.7 Å². The molecule has 1 heterocycles. The van der Waals surface area contributed by atoms with Crippen LogP contribution in [-0.2, 0) is 16.1 Å². The molecule has 0 aliphatic carbocycles. The van der Waals surface area contributed by atoms with E-state index < -0.39 is 12.0 Å². The minimum atomic E-state index is -1.08. The van der Waals surface area contributed by atoms with Gasteiger partial charge in [-0.15, -0.1) is 0 Å². The zero-order valence-corrected chi connectivity index (χ0v) is 10.8. The van der Waals surface area contributed by atoms with E-state index in [1.165, 1.54) is 14.0 Å². The number of hydrogen-bond donors (Lipinski definition) is 3. The molecule has 1 amide bonds. The second-order valence-electron chi connectivity index (χ2n) is 3.89. The molecule has 0 aliphatic heterocycles. The molecule has 104 valence electrons. The Labute approximate surface area is 111 Å². The maximum Gasteiger partial charge on any atom is 0.327 e. The third-order valence-electron chi connectivity index (χ3n) is 2.38. The van der Waals surface area contributed by atoms with Gasteiger partial charge in [-0.25, -0.2) is 9.78 Å². The SMILES string of the molecule is COc1ncccc1CNCC(NC(C)=O)C(=O)O. The van der Waals surface area contributed by atoms with E-state index >= 15 is 0 Å². The van der Waals surface area contributed by atoms with Crippen molar-refractivity contribution in [2.45, 2.75) is 19.5 Å². The van der Waals surface area contributed by atoms with Crippen LogP contribution in [0.3, 0.4) is 0 Å². The highest BCUT2D eigenvalue weighted by Gasteiger charge is 2.17. The standard InChI is InChI=1S/C12H17N3O4/c1-8(16)15-10(12(17)18)7-13-6-9-4-3-5-14-11(9)19-2/h3-5,10,13H,6-7H2,1-2H3,(H,15,16)(H,17,18). The fraction of sp³-hybridized carbons (Fsp3) is 0.417. The van der Waals surface area contributed by atoms with Crippen molar-refractivity contribution in [3.8, 4) is 5.88 Å². The van der Waals surface area contributed by atoms with Gasteiger partial charge in [0.15, 0.2) is 0 Å². The van der Waals surface area contributed by atoms with Crippen molar-refractivity contribution < 1.29 is 19.4 Å². The molecule has 0 aromatic carbocycles. The monoisotopic (exact) mass is 267 g/mol. The van der Waals surface area contributed by atoms with E-state index in [1.54, 1.807) is 12.3 Å². The van der Waals surface area contributed by atoms with Crippen molar-refractivity contribution in [1.82, 2.24) is 15.6 Å². The van der Waals surface area contributed by atoms with E-state index in [4.69, 9.17) is 9.84 Å². The van der Waals surface area contributed by atoms with E-state index in [9.17, 15) is 9.59 Å². The molecule has 1 atom stereocenters. The van der Waals surface area contributed by atoms with Gasteiger partial charge < -0.3 is 20.5 Å². The van der Waals surface area contributed by atoms with Crippen molar-refractivity contribution in [2.24, 2.45) is 0 Å².